The molecule has 1 unspecified atom stereocenters. The van der Waals surface area contributed by atoms with E-state index in [1.807, 2.05) is 0 Å². The third kappa shape index (κ3) is 3.95. The summed E-state index contributed by atoms with van der Waals surface area (Å²) in [6.45, 7) is 10.6. The zero-order valence-electron chi connectivity index (χ0n) is 9.84. The van der Waals surface area contributed by atoms with Gasteiger partial charge in [-0.2, -0.15) is 0 Å². The zero-order chi connectivity index (χ0) is 10.4. The van der Waals surface area contributed by atoms with Crippen molar-refractivity contribution in [2.45, 2.75) is 26.3 Å². The fourth-order valence-corrected chi connectivity index (χ4v) is 2.07. The fraction of sp³-hybridized carbons (Fsp3) is 1.00. The first kappa shape index (κ1) is 12.0. The van der Waals surface area contributed by atoms with Crippen LogP contribution in [0.4, 0.5) is 0 Å². The van der Waals surface area contributed by atoms with Crippen LogP contribution in [-0.4, -0.2) is 50.7 Å². The van der Waals surface area contributed by atoms with Crippen LogP contribution >= 0.6 is 0 Å². The molecule has 84 valence electrons. The highest BCUT2D eigenvalue weighted by atomic mass is 15.2. The molecule has 0 aliphatic carbocycles. The van der Waals surface area contributed by atoms with Crippen LogP contribution in [0.3, 0.4) is 0 Å². The smallest absolute Gasteiger partial charge is 0.0107 e. The predicted octanol–water partition coefficient (Wildman–Crippen LogP) is 0.526. The maximum absolute atomic E-state index is 3.40. The van der Waals surface area contributed by atoms with Gasteiger partial charge in [-0.15, -0.1) is 0 Å². The number of nitrogens with zero attached hydrogens (tertiary/aromatic N) is 1. The second-order valence-corrected chi connectivity index (χ2v) is 4.52. The van der Waals surface area contributed by atoms with E-state index in [-0.39, 0.29) is 0 Å². The van der Waals surface area contributed by atoms with Crippen LogP contribution in [0.1, 0.15) is 20.3 Å². The van der Waals surface area contributed by atoms with Crippen LogP contribution < -0.4 is 10.6 Å². The van der Waals surface area contributed by atoms with E-state index in [0.717, 1.165) is 19.0 Å². The van der Waals surface area contributed by atoms with Gasteiger partial charge in [0.1, 0.15) is 0 Å². The quantitative estimate of drug-likeness (QED) is 0.676. The summed E-state index contributed by atoms with van der Waals surface area (Å²) < 4.78 is 0. The van der Waals surface area contributed by atoms with Crippen LogP contribution in [0.2, 0.25) is 0 Å². The Hall–Kier alpha value is -0.120. The Labute approximate surface area is 88.2 Å². The molecule has 0 aromatic rings. The van der Waals surface area contributed by atoms with Crippen molar-refractivity contribution < 1.29 is 0 Å². The van der Waals surface area contributed by atoms with E-state index in [9.17, 15) is 0 Å². The van der Waals surface area contributed by atoms with Crippen molar-refractivity contribution in [1.82, 2.24) is 15.5 Å². The Bertz CT molecular complexity index is 141. The minimum atomic E-state index is 0.671. The van der Waals surface area contributed by atoms with Gasteiger partial charge < -0.3 is 15.5 Å². The van der Waals surface area contributed by atoms with Gasteiger partial charge in [-0.05, 0) is 25.9 Å². The maximum atomic E-state index is 3.40. The van der Waals surface area contributed by atoms with Crippen molar-refractivity contribution in [3.05, 3.63) is 0 Å². The molecule has 0 amide bonds. The van der Waals surface area contributed by atoms with Gasteiger partial charge in [0.2, 0.25) is 0 Å². The van der Waals surface area contributed by atoms with E-state index in [1.165, 1.54) is 26.1 Å². The summed E-state index contributed by atoms with van der Waals surface area (Å²) in [6.07, 6.45) is 1.27. The van der Waals surface area contributed by atoms with Crippen LogP contribution in [-0.2, 0) is 0 Å². The average Bonchev–Trinajstić information content (AvgIpc) is 2.20. The molecule has 1 aliphatic heterocycles. The summed E-state index contributed by atoms with van der Waals surface area (Å²) in [4.78, 5) is 2.56. The molecule has 1 saturated heterocycles. The first-order valence-electron chi connectivity index (χ1n) is 5.84. The number of hydrogen-bond acceptors (Lipinski definition) is 3. The molecule has 0 radical (unpaired) electrons. The van der Waals surface area contributed by atoms with Crippen LogP contribution in [0.5, 0.6) is 0 Å². The molecular formula is C11H25N3. The lowest BCUT2D eigenvalue weighted by Gasteiger charge is -2.29. The van der Waals surface area contributed by atoms with Crippen molar-refractivity contribution >= 4 is 0 Å². The van der Waals surface area contributed by atoms with Gasteiger partial charge in [-0.3, -0.25) is 0 Å². The summed E-state index contributed by atoms with van der Waals surface area (Å²) in [5.74, 6) is 0.739. The first-order valence-corrected chi connectivity index (χ1v) is 5.84. The van der Waals surface area contributed by atoms with E-state index in [2.05, 4.69) is 36.4 Å². The maximum Gasteiger partial charge on any atom is 0.0107 e. The lowest BCUT2D eigenvalue weighted by Crippen LogP contribution is -2.45. The highest BCUT2D eigenvalue weighted by molar-refractivity contribution is 4.73. The normalized spacial score (nSPS) is 21.4. The molecule has 0 aromatic carbocycles. The molecule has 0 aromatic heterocycles. The summed E-state index contributed by atoms with van der Waals surface area (Å²) in [5.41, 5.74) is 0. The minimum absolute atomic E-state index is 0.671. The van der Waals surface area contributed by atoms with Gasteiger partial charge in [-0.1, -0.05) is 13.8 Å². The molecule has 0 spiro atoms. The standard InChI is InChI=1S/C11H25N3/c1-10(2)11(12-3)4-7-14-8-5-13-6-9-14/h10-13H,4-9H2,1-3H3. The van der Waals surface area contributed by atoms with Crippen molar-refractivity contribution in [1.29, 1.82) is 0 Å². The summed E-state index contributed by atoms with van der Waals surface area (Å²) >= 11 is 0. The predicted molar refractivity (Wildman–Crippen MR) is 61.6 cm³/mol. The molecule has 1 heterocycles. The lowest BCUT2D eigenvalue weighted by molar-refractivity contribution is 0.221. The molecule has 3 heteroatoms. The Balaban J connectivity index is 2.16. The molecule has 1 rings (SSSR count). The van der Waals surface area contributed by atoms with Crippen LogP contribution in [0, 0.1) is 5.92 Å². The molecule has 1 atom stereocenters. The van der Waals surface area contributed by atoms with E-state index >= 15 is 0 Å². The van der Waals surface area contributed by atoms with E-state index < -0.39 is 0 Å². The number of piperazine rings is 1. The summed E-state index contributed by atoms with van der Waals surface area (Å²) in [6, 6.07) is 0.671. The first-order chi connectivity index (χ1) is 6.74. The molecule has 3 nitrogen and oxygen atoms in total. The fourth-order valence-electron chi connectivity index (χ4n) is 2.07. The molecular weight excluding hydrogens is 174 g/mol. The molecule has 1 fully saturated rings. The zero-order valence-corrected chi connectivity index (χ0v) is 9.84. The second kappa shape index (κ2) is 6.38. The second-order valence-electron chi connectivity index (χ2n) is 4.52. The summed E-state index contributed by atoms with van der Waals surface area (Å²) in [5, 5.41) is 6.78. The molecule has 0 bridgehead atoms. The van der Waals surface area contributed by atoms with E-state index in [0.29, 0.717) is 6.04 Å². The molecule has 14 heavy (non-hydrogen) atoms. The lowest BCUT2D eigenvalue weighted by atomic mass is 10.0. The highest BCUT2D eigenvalue weighted by Crippen LogP contribution is 2.06. The van der Waals surface area contributed by atoms with Gasteiger partial charge >= 0.3 is 0 Å². The van der Waals surface area contributed by atoms with Crippen molar-refractivity contribution in [2.75, 3.05) is 39.8 Å². The third-order valence-corrected chi connectivity index (χ3v) is 3.14. The Kier molecular flexibility index (Phi) is 5.45. The number of rotatable bonds is 5. The van der Waals surface area contributed by atoms with E-state index in [4.69, 9.17) is 0 Å². The van der Waals surface area contributed by atoms with Crippen molar-refractivity contribution in [3.8, 4) is 0 Å². The monoisotopic (exact) mass is 199 g/mol. The Morgan fingerprint density at radius 2 is 1.93 bits per heavy atom. The Morgan fingerprint density at radius 1 is 1.29 bits per heavy atom. The van der Waals surface area contributed by atoms with Crippen molar-refractivity contribution in [2.24, 2.45) is 5.92 Å². The van der Waals surface area contributed by atoms with E-state index in [1.54, 1.807) is 0 Å². The highest BCUT2D eigenvalue weighted by Gasteiger charge is 2.14. The van der Waals surface area contributed by atoms with Gasteiger partial charge in [0.25, 0.3) is 0 Å². The van der Waals surface area contributed by atoms with Gasteiger partial charge in [0, 0.05) is 32.2 Å². The SMILES string of the molecule is CNC(CCN1CCNCC1)C(C)C. The Morgan fingerprint density at radius 3 is 2.43 bits per heavy atom. The topological polar surface area (TPSA) is 27.3 Å². The van der Waals surface area contributed by atoms with Crippen LogP contribution in [0.15, 0.2) is 0 Å². The number of hydrogen-bond donors (Lipinski definition) is 2. The molecule has 0 saturated carbocycles. The number of nitrogens with one attached hydrogen (secondary N) is 2. The average molecular weight is 199 g/mol. The van der Waals surface area contributed by atoms with Gasteiger partial charge in [0.15, 0.2) is 0 Å². The van der Waals surface area contributed by atoms with Gasteiger partial charge in [-0.25, -0.2) is 0 Å². The summed E-state index contributed by atoms with van der Waals surface area (Å²) in [7, 11) is 2.07. The molecule has 1 aliphatic rings. The van der Waals surface area contributed by atoms with Crippen molar-refractivity contribution in [3.63, 3.8) is 0 Å². The van der Waals surface area contributed by atoms with Gasteiger partial charge in [0.05, 0.1) is 0 Å². The minimum Gasteiger partial charge on any atom is -0.317 e. The van der Waals surface area contributed by atoms with Crippen LogP contribution in [0.25, 0.3) is 0 Å². The largest absolute Gasteiger partial charge is 0.317 e. The molecule has 2 N–H and O–H groups in total. The third-order valence-electron chi connectivity index (χ3n) is 3.14.